The first-order valence-corrected chi connectivity index (χ1v) is 10.2. The number of amides is 1. The third-order valence-corrected chi connectivity index (χ3v) is 5.68. The van der Waals surface area contributed by atoms with Gasteiger partial charge >= 0.3 is 0 Å². The van der Waals surface area contributed by atoms with E-state index < -0.39 is 16.1 Å². The Morgan fingerprint density at radius 3 is 2.63 bits per heavy atom. The van der Waals surface area contributed by atoms with Crippen molar-refractivity contribution in [2.75, 3.05) is 5.32 Å². The predicted molar refractivity (Wildman–Crippen MR) is 99.4 cm³/mol. The summed E-state index contributed by atoms with van der Waals surface area (Å²) in [6, 6.07) is 9.90. The third-order valence-electron chi connectivity index (χ3n) is 4.28. The van der Waals surface area contributed by atoms with Gasteiger partial charge in [0.15, 0.2) is 6.10 Å². The molecule has 0 aliphatic carbocycles. The first kappa shape index (κ1) is 19.3. The van der Waals surface area contributed by atoms with Gasteiger partial charge in [0.1, 0.15) is 11.6 Å². The highest BCUT2D eigenvalue weighted by Crippen LogP contribution is 2.32. The summed E-state index contributed by atoms with van der Waals surface area (Å²) in [6.07, 6.45) is 1.88. The van der Waals surface area contributed by atoms with Crippen molar-refractivity contribution in [1.82, 2.24) is 4.72 Å². The smallest absolute Gasteiger partial charge is 0.265 e. The maximum absolute atomic E-state index is 12.9. The minimum Gasteiger partial charge on any atom is -0.478 e. The number of halogens is 1. The molecule has 0 aromatic heterocycles. The summed E-state index contributed by atoms with van der Waals surface area (Å²) in [5.74, 6) is -0.206. The molecular formula is C19H21FN2O4S. The van der Waals surface area contributed by atoms with Crippen LogP contribution in [0.3, 0.4) is 0 Å². The predicted octanol–water partition coefficient (Wildman–Crippen LogP) is 3.19. The van der Waals surface area contributed by atoms with Gasteiger partial charge in [0.2, 0.25) is 10.0 Å². The molecule has 27 heavy (non-hydrogen) atoms. The van der Waals surface area contributed by atoms with Gasteiger partial charge < -0.3 is 10.1 Å². The molecule has 1 amide bonds. The van der Waals surface area contributed by atoms with Gasteiger partial charge in [0, 0.05) is 6.54 Å². The number of carbonyl (C=O) groups is 1. The normalized spacial score (nSPS) is 16.4. The largest absolute Gasteiger partial charge is 0.478 e. The number of sulfonamides is 1. The Morgan fingerprint density at radius 2 is 1.93 bits per heavy atom. The van der Waals surface area contributed by atoms with Crippen LogP contribution in [0.4, 0.5) is 10.1 Å². The van der Waals surface area contributed by atoms with Crippen LogP contribution in [0.1, 0.15) is 31.7 Å². The Kier molecular flexibility index (Phi) is 5.76. The highest BCUT2D eigenvalue weighted by Gasteiger charge is 2.28. The molecule has 8 heteroatoms. The van der Waals surface area contributed by atoms with Crippen LogP contribution in [-0.2, 0) is 21.4 Å². The van der Waals surface area contributed by atoms with Crippen molar-refractivity contribution in [3.8, 4) is 5.75 Å². The lowest BCUT2D eigenvalue weighted by molar-refractivity contribution is -0.123. The van der Waals surface area contributed by atoms with E-state index in [-0.39, 0.29) is 23.2 Å². The van der Waals surface area contributed by atoms with Crippen LogP contribution in [0.25, 0.3) is 0 Å². The van der Waals surface area contributed by atoms with Gasteiger partial charge in [0.25, 0.3) is 5.91 Å². The van der Waals surface area contributed by atoms with Gasteiger partial charge in [-0.25, -0.2) is 17.5 Å². The molecule has 1 aliphatic heterocycles. The van der Waals surface area contributed by atoms with Crippen molar-refractivity contribution in [2.24, 2.45) is 0 Å². The van der Waals surface area contributed by atoms with E-state index in [1.807, 2.05) is 6.92 Å². The number of rotatable bonds is 7. The molecule has 0 saturated carbocycles. The summed E-state index contributed by atoms with van der Waals surface area (Å²) in [7, 11) is -3.80. The Morgan fingerprint density at radius 1 is 1.19 bits per heavy atom. The number of ether oxygens (including phenoxy) is 1. The average molecular weight is 392 g/mol. The summed E-state index contributed by atoms with van der Waals surface area (Å²) in [5, 5.41) is 2.71. The van der Waals surface area contributed by atoms with Gasteiger partial charge in [-0.05, 0) is 48.7 Å². The number of unbranched alkanes of at least 4 members (excludes halogenated alkanes) is 1. The summed E-state index contributed by atoms with van der Waals surface area (Å²) in [5.41, 5.74) is 0.964. The Hall–Kier alpha value is -2.45. The SMILES string of the molecule is CCCC[C@H]1Oc2ccc(S(=O)(=O)NCc3ccc(F)cc3)cc2NC1=O. The highest BCUT2D eigenvalue weighted by atomic mass is 32.2. The first-order valence-electron chi connectivity index (χ1n) is 8.75. The Labute approximate surface area is 157 Å². The lowest BCUT2D eigenvalue weighted by Gasteiger charge is -2.26. The zero-order valence-electron chi connectivity index (χ0n) is 14.9. The second-order valence-corrected chi connectivity index (χ2v) is 8.11. The van der Waals surface area contributed by atoms with Crippen LogP contribution in [0.15, 0.2) is 47.4 Å². The van der Waals surface area contributed by atoms with E-state index in [1.54, 1.807) is 6.07 Å². The highest BCUT2D eigenvalue weighted by molar-refractivity contribution is 7.89. The number of nitrogens with one attached hydrogen (secondary N) is 2. The maximum Gasteiger partial charge on any atom is 0.265 e. The molecule has 0 bridgehead atoms. The minimum absolute atomic E-state index is 0.0132. The third kappa shape index (κ3) is 4.64. The molecule has 0 unspecified atom stereocenters. The molecular weight excluding hydrogens is 371 g/mol. The van der Waals surface area contributed by atoms with Gasteiger partial charge in [-0.3, -0.25) is 4.79 Å². The van der Waals surface area contributed by atoms with Crippen LogP contribution in [0.5, 0.6) is 5.75 Å². The first-order chi connectivity index (χ1) is 12.9. The van der Waals surface area contributed by atoms with E-state index in [9.17, 15) is 17.6 Å². The van der Waals surface area contributed by atoms with E-state index in [1.165, 1.54) is 36.4 Å². The Bertz CT molecular complexity index is 929. The van der Waals surface area contributed by atoms with Crippen LogP contribution in [0, 0.1) is 5.82 Å². The van der Waals surface area contributed by atoms with Crippen LogP contribution in [-0.4, -0.2) is 20.4 Å². The van der Waals surface area contributed by atoms with Crippen molar-refractivity contribution in [2.45, 2.75) is 43.7 Å². The summed E-state index contributed by atoms with van der Waals surface area (Å²) in [6.45, 7) is 2.06. The summed E-state index contributed by atoms with van der Waals surface area (Å²) < 4.78 is 46.1. The second kappa shape index (κ2) is 8.06. The van der Waals surface area contributed by atoms with E-state index >= 15 is 0 Å². The van der Waals surface area contributed by atoms with Crippen molar-refractivity contribution in [1.29, 1.82) is 0 Å². The molecule has 0 saturated heterocycles. The zero-order chi connectivity index (χ0) is 19.4. The van der Waals surface area contributed by atoms with Gasteiger partial charge in [-0.2, -0.15) is 0 Å². The Balaban J connectivity index is 1.73. The molecule has 2 aromatic carbocycles. The topological polar surface area (TPSA) is 84.5 Å². The zero-order valence-corrected chi connectivity index (χ0v) is 15.7. The van der Waals surface area contributed by atoms with Gasteiger partial charge in [0.05, 0.1) is 10.6 Å². The van der Waals surface area contributed by atoms with Gasteiger partial charge in [-0.15, -0.1) is 0 Å². The molecule has 2 N–H and O–H groups in total. The molecule has 0 spiro atoms. The van der Waals surface area contributed by atoms with Crippen molar-refractivity contribution in [3.05, 3.63) is 53.8 Å². The van der Waals surface area contributed by atoms with Crippen LogP contribution in [0.2, 0.25) is 0 Å². The van der Waals surface area contributed by atoms with Crippen molar-refractivity contribution in [3.63, 3.8) is 0 Å². The molecule has 3 rings (SSSR count). The second-order valence-electron chi connectivity index (χ2n) is 6.35. The fourth-order valence-corrected chi connectivity index (χ4v) is 3.78. The average Bonchev–Trinajstić information content (AvgIpc) is 2.65. The summed E-state index contributed by atoms with van der Waals surface area (Å²) in [4.78, 5) is 12.1. The van der Waals surface area contributed by atoms with E-state index in [2.05, 4.69) is 10.0 Å². The van der Waals surface area contributed by atoms with Crippen molar-refractivity contribution >= 4 is 21.6 Å². The van der Waals surface area contributed by atoms with E-state index in [0.717, 1.165) is 12.8 Å². The number of fused-ring (bicyclic) bond motifs is 1. The molecule has 144 valence electrons. The van der Waals surface area contributed by atoms with Crippen molar-refractivity contribution < 1.29 is 22.3 Å². The number of hydrogen-bond acceptors (Lipinski definition) is 4. The number of anilines is 1. The fraction of sp³-hybridized carbons (Fsp3) is 0.316. The van der Waals surface area contributed by atoms with Gasteiger partial charge in [-0.1, -0.05) is 25.5 Å². The maximum atomic E-state index is 12.9. The fourth-order valence-electron chi connectivity index (χ4n) is 2.74. The molecule has 0 fully saturated rings. The molecule has 6 nitrogen and oxygen atoms in total. The molecule has 1 aliphatic rings. The summed E-state index contributed by atoms with van der Waals surface area (Å²) >= 11 is 0. The quantitative estimate of drug-likeness (QED) is 0.758. The van der Waals surface area contributed by atoms with Crippen LogP contribution < -0.4 is 14.8 Å². The lowest BCUT2D eigenvalue weighted by Crippen LogP contribution is -2.37. The lowest BCUT2D eigenvalue weighted by atomic mass is 10.1. The number of benzene rings is 2. The number of carbonyl (C=O) groups excluding carboxylic acids is 1. The molecule has 1 atom stereocenters. The van der Waals surface area contributed by atoms with E-state index in [0.29, 0.717) is 23.4 Å². The minimum atomic E-state index is -3.80. The van der Waals surface area contributed by atoms with Crippen LogP contribution >= 0.6 is 0 Å². The standard InChI is InChI=1S/C19H21FN2O4S/c1-2-3-4-18-19(23)22-16-11-15(9-10-17(16)26-18)27(24,25)21-12-13-5-7-14(20)8-6-13/h5-11,18,21H,2-4,12H2,1H3,(H,22,23)/t18-/m1/s1. The van der Waals surface area contributed by atoms with E-state index in [4.69, 9.17) is 4.74 Å². The molecule has 0 radical (unpaired) electrons. The number of hydrogen-bond donors (Lipinski definition) is 2. The molecule has 1 heterocycles. The monoisotopic (exact) mass is 392 g/mol. The molecule has 2 aromatic rings.